The Morgan fingerprint density at radius 1 is 1.15 bits per heavy atom. The van der Waals surface area contributed by atoms with Gasteiger partial charge in [-0.05, 0) is 31.0 Å². The van der Waals surface area contributed by atoms with E-state index in [1.165, 1.54) is 23.0 Å². The SMILES string of the molecule is O=C(Nc1ccncc1F)c1cnc2c(NC3CC3)cc(NCCOc3ccccc3)nn12. The predicted octanol–water partition coefficient (Wildman–Crippen LogP) is 3.58. The molecular weight excluding hydrogens is 425 g/mol. The fourth-order valence-electron chi connectivity index (χ4n) is 3.29. The molecule has 0 spiro atoms. The zero-order valence-corrected chi connectivity index (χ0v) is 17.7. The number of amides is 1. The van der Waals surface area contributed by atoms with Gasteiger partial charge in [0.05, 0.1) is 30.3 Å². The van der Waals surface area contributed by atoms with Crippen molar-refractivity contribution >= 4 is 28.7 Å². The average Bonchev–Trinajstić information content (AvgIpc) is 3.54. The zero-order valence-electron chi connectivity index (χ0n) is 17.7. The molecule has 1 aromatic carbocycles. The van der Waals surface area contributed by atoms with E-state index in [-0.39, 0.29) is 11.4 Å². The number of halogens is 1. The molecule has 5 rings (SSSR count). The summed E-state index contributed by atoms with van der Waals surface area (Å²) in [5, 5.41) is 13.7. The monoisotopic (exact) mass is 447 g/mol. The minimum absolute atomic E-state index is 0.0358. The molecule has 4 aromatic rings. The fraction of sp³-hybridized carbons (Fsp3) is 0.217. The first-order valence-electron chi connectivity index (χ1n) is 10.7. The van der Waals surface area contributed by atoms with Crippen LogP contribution in [0.5, 0.6) is 5.75 Å². The van der Waals surface area contributed by atoms with Gasteiger partial charge >= 0.3 is 0 Å². The van der Waals surface area contributed by atoms with E-state index in [4.69, 9.17) is 4.74 Å². The standard InChI is InChI=1S/C23H22FN7O2/c24-17-13-25-9-8-18(17)29-23(32)20-14-27-22-19(28-15-6-7-15)12-21(30-31(20)22)26-10-11-33-16-4-2-1-3-5-16/h1-5,8-9,12-15,28H,6-7,10-11H2,(H,26,30)(H,25,29,32). The number of carbonyl (C=O) groups is 1. The third-order valence-electron chi connectivity index (χ3n) is 5.08. The van der Waals surface area contributed by atoms with Gasteiger partial charge in [0.2, 0.25) is 0 Å². The van der Waals surface area contributed by atoms with Gasteiger partial charge in [-0.3, -0.25) is 9.78 Å². The predicted molar refractivity (Wildman–Crippen MR) is 122 cm³/mol. The molecule has 0 saturated heterocycles. The second-order valence-electron chi connectivity index (χ2n) is 7.64. The second-order valence-corrected chi connectivity index (χ2v) is 7.64. The van der Waals surface area contributed by atoms with Crippen molar-refractivity contribution in [2.24, 2.45) is 0 Å². The molecule has 1 amide bonds. The summed E-state index contributed by atoms with van der Waals surface area (Å²) >= 11 is 0. The third kappa shape index (κ3) is 4.84. The lowest BCUT2D eigenvalue weighted by atomic mass is 10.3. The highest BCUT2D eigenvalue weighted by molar-refractivity contribution is 6.03. The molecular formula is C23H22FN7O2. The van der Waals surface area contributed by atoms with E-state index in [1.807, 2.05) is 36.4 Å². The van der Waals surface area contributed by atoms with Crippen LogP contribution in [-0.4, -0.2) is 44.7 Å². The molecule has 3 heterocycles. The molecule has 1 aliphatic carbocycles. The molecule has 1 fully saturated rings. The first-order chi connectivity index (χ1) is 16.2. The van der Waals surface area contributed by atoms with E-state index in [2.05, 4.69) is 31.0 Å². The molecule has 168 valence electrons. The topological polar surface area (TPSA) is 105 Å². The molecule has 0 atom stereocenters. The summed E-state index contributed by atoms with van der Waals surface area (Å²) in [5.41, 5.74) is 1.51. The average molecular weight is 447 g/mol. The van der Waals surface area contributed by atoms with Gasteiger partial charge in [-0.25, -0.2) is 13.9 Å². The van der Waals surface area contributed by atoms with Crippen LogP contribution in [0.4, 0.5) is 21.6 Å². The third-order valence-corrected chi connectivity index (χ3v) is 5.08. The molecule has 10 heteroatoms. The lowest BCUT2D eigenvalue weighted by molar-refractivity contribution is 0.102. The number of nitrogens with one attached hydrogen (secondary N) is 3. The van der Waals surface area contributed by atoms with Gasteiger partial charge in [-0.2, -0.15) is 0 Å². The normalized spacial score (nSPS) is 13.0. The summed E-state index contributed by atoms with van der Waals surface area (Å²) in [6, 6.07) is 13.2. The lowest BCUT2D eigenvalue weighted by Gasteiger charge is -2.12. The Kier molecular flexibility index (Phi) is 5.71. The van der Waals surface area contributed by atoms with Gasteiger partial charge in [-0.1, -0.05) is 18.2 Å². The molecule has 33 heavy (non-hydrogen) atoms. The van der Waals surface area contributed by atoms with Crippen LogP contribution in [0.1, 0.15) is 23.3 Å². The number of hydrogen-bond donors (Lipinski definition) is 3. The number of anilines is 3. The number of ether oxygens (including phenoxy) is 1. The number of pyridine rings is 1. The Morgan fingerprint density at radius 2 is 2.00 bits per heavy atom. The van der Waals surface area contributed by atoms with Gasteiger partial charge in [-0.15, -0.1) is 5.10 Å². The van der Waals surface area contributed by atoms with Crippen LogP contribution < -0.4 is 20.7 Å². The highest BCUT2D eigenvalue weighted by Gasteiger charge is 2.24. The van der Waals surface area contributed by atoms with Gasteiger partial charge in [0, 0.05) is 18.3 Å². The van der Waals surface area contributed by atoms with E-state index in [0.29, 0.717) is 30.7 Å². The Labute approximate surface area is 189 Å². The maximum Gasteiger partial charge on any atom is 0.276 e. The number of hydrogen-bond acceptors (Lipinski definition) is 7. The summed E-state index contributed by atoms with van der Waals surface area (Å²) in [4.78, 5) is 20.9. The number of carbonyl (C=O) groups excluding carboxylic acids is 1. The number of nitrogens with zero attached hydrogens (tertiary/aromatic N) is 4. The highest BCUT2D eigenvalue weighted by Crippen LogP contribution is 2.28. The molecule has 0 unspecified atom stereocenters. The first-order valence-corrected chi connectivity index (χ1v) is 10.7. The Balaban J connectivity index is 1.36. The molecule has 1 aliphatic rings. The van der Waals surface area contributed by atoms with Crippen LogP contribution in [0, 0.1) is 5.82 Å². The van der Waals surface area contributed by atoms with Crippen LogP contribution in [0.3, 0.4) is 0 Å². The Hall–Kier alpha value is -4.21. The minimum Gasteiger partial charge on any atom is -0.492 e. The molecule has 3 aromatic heterocycles. The van der Waals surface area contributed by atoms with Gasteiger partial charge in [0.25, 0.3) is 5.91 Å². The number of fused-ring (bicyclic) bond motifs is 1. The molecule has 0 radical (unpaired) electrons. The van der Waals surface area contributed by atoms with E-state index in [9.17, 15) is 9.18 Å². The maximum atomic E-state index is 13.9. The minimum atomic E-state index is -0.621. The van der Waals surface area contributed by atoms with Gasteiger partial charge < -0.3 is 20.7 Å². The zero-order chi connectivity index (χ0) is 22.6. The van der Waals surface area contributed by atoms with Crippen molar-refractivity contribution < 1.29 is 13.9 Å². The van der Waals surface area contributed by atoms with Crippen molar-refractivity contribution in [3.05, 3.63) is 72.6 Å². The van der Waals surface area contributed by atoms with Crippen molar-refractivity contribution in [3.63, 3.8) is 0 Å². The van der Waals surface area contributed by atoms with Gasteiger partial charge in [0.15, 0.2) is 17.2 Å². The summed E-state index contributed by atoms with van der Waals surface area (Å²) in [5.74, 6) is 0.201. The molecule has 3 N–H and O–H groups in total. The van der Waals surface area contributed by atoms with Crippen LogP contribution >= 0.6 is 0 Å². The number of benzene rings is 1. The van der Waals surface area contributed by atoms with Crippen LogP contribution in [0.15, 0.2) is 61.1 Å². The van der Waals surface area contributed by atoms with E-state index in [0.717, 1.165) is 30.5 Å². The van der Waals surface area contributed by atoms with E-state index < -0.39 is 11.7 Å². The number of rotatable bonds is 9. The quantitative estimate of drug-likeness (QED) is 0.337. The fourth-order valence-corrected chi connectivity index (χ4v) is 3.29. The van der Waals surface area contributed by atoms with Gasteiger partial charge in [0.1, 0.15) is 18.2 Å². The molecule has 9 nitrogen and oxygen atoms in total. The smallest absolute Gasteiger partial charge is 0.276 e. The number of aromatic nitrogens is 4. The Bertz CT molecular complexity index is 1270. The van der Waals surface area contributed by atoms with E-state index in [1.54, 1.807) is 0 Å². The largest absolute Gasteiger partial charge is 0.492 e. The van der Waals surface area contributed by atoms with E-state index >= 15 is 0 Å². The first kappa shape index (κ1) is 20.7. The Morgan fingerprint density at radius 3 is 2.79 bits per heavy atom. The van der Waals surface area contributed by atoms with Crippen LogP contribution in [-0.2, 0) is 0 Å². The van der Waals surface area contributed by atoms with Crippen LogP contribution in [0.25, 0.3) is 5.65 Å². The molecule has 1 saturated carbocycles. The summed E-state index contributed by atoms with van der Waals surface area (Å²) < 4.78 is 21.1. The van der Waals surface area contributed by atoms with Crippen molar-refractivity contribution in [2.45, 2.75) is 18.9 Å². The van der Waals surface area contributed by atoms with Crippen molar-refractivity contribution in [3.8, 4) is 5.75 Å². The highest BCUT2D eigenvalue weighted by atomic mass is 19.1. The summed E-state index contributed by atoms with van der Waals surface area (Å²) in [7, 11) is 0. The second kappa shape index (κ2) is 9.11. The molecule has 0 aliphatic heterocycles. The maximum absolute atomic E-state index is 13.9. The van der Waals surface area contributed by atoms with Crippen molar-refractivity contribution in [2.75, 3.05) is 29.1 Å². The summed E-state index contributed by atoms with van der Waals surface area (Å²) in [6.45, 7) is 0.947. The van der Waals surface area contributed by atoms with Crippen LogP contribution in [0.2, 0.25) is 0 Å². The summed E-state index contributed by atoms with van der Waals surface area (Å²) in [6.07, 6.45) is 6.04. The number of para-hydroxylation sites is 1. The molecule has 0 bridgehead atoms. The number of imidazole rings is 1. The van der Waals surface area contributed by atoms with Crippen molar-refractivity contribution in [1.29, 1.82) is 0 Å². The lowest BCUT2D eigenvalue weighted by Crippen LogP contribution is -2.18. The van der Waals surface area contributed by atoms with Crippen molar-refractivity contribution in [1.82, 2.24) is 19.6 Å².